The standard InChI is InChI=1S/C27H29BN4O6/c1-3-27(38-28)18-11-20-23-16(13-32(20)25(33)17(18)14-37-26(27)34)24(31-6-4-30(2)5-7-31)15-10-21-22(12-19(15)29-23)36-9-8-35-21/h10-12H,3-9,13-14,28H2,1-2H3/t27-/m0/s1. The van der Waals surface area contributed by atoms with Crippen molar-refractivity contribution in [2.75, 3.05) is 51.3 Å². The lowest BCUT2D eigenvalue weighted by atomic mass is 9.85. The van der Waals surface area contributed by atoms with Crippen LogP contribution in [0.4, 0.5) is 5.69 Å². The summed E-state index contributed by atoms with van der Waals surface area (Å²) < 4.78 is 24.7. The fourth-order valence-corrected chi connectivity index (χ4v) is 6.31. The molecule has 0 saturated carbocycles. The molecule has 11 heteroatoms. The number of aromatic nitrogens is 2. The Morgan fingerprint density at radius 2 is 1.76 bits per heavy atom. The summed E-state index contributed by atoms with van der Waals surface area (Å²) in [6.07, 6.45) is 0.353. The molecule has 4 aliphatic heterocycles. The molecule has 196 valence electrons. The minimum absolute atomic E-state index is 0.0587. The summed E-state index contributed by atoms with van der Waals surface area (Å²) in [4.78, 5) is 36.6. The molecule has 0 amide bonds. The van der Waals surface area contributed by atoms with Gasteiger partial charge in [0.2, 0.25) is 0 Å². The molecule has 7 rings (SSSR count). The number of benzene rings is 1. The van der Waals surface area contributed by atoms with Crippen LogP contribution in [0.2, 0.25) is 0 Å². The van der Waals surface area contributed by atoms with Crippen LogP contribution >= 0.6 is 0 Å². The molecular formula is C27H29BN4O6. The molecule has 0 bridgehead atoms. The number of anilines is 1. The topological polar surface area (TPSA) is 95.4 Å². The lowest BCUT2D eigenvalue weighted by Crippen LogP contribution is -2.46. The number of likely N-dealkylation sites (N-methyl/N-ethyl adjacent to an activating group) is 1. The lowest BCUT2D eigenvalue weighted by molar-refractivity contribution is -0.168. The SMILES string of the molecule is BO[C@]1(CC)C(=O)OCc2c1cc1n(c2=O)Cc2c-1nc1cc3c(cc1c2N1CCN(C)CC1)OCCO3. The predicted octanol–water partition coefficient (Wildman–Crippen LogP) is 1.18. The van der Waals surface area contributed by atoms with E-state index in [1.807, 2.05) is 25.1 Å². The molecule has 3 aromatic rings. The number of cyclic esters (lactones) is 1. The summed E-state index contributed by atoms with van der Waals surface area (Å²) in [6.45, 7) is 6.81. The van der Waals surface area contributed by atoms with Gasteiger partial charge in [-0.1, -0.05) is 6.92 Å². The molecule has 0 N–H and O–H groups in total. The van der Waals surface area contributed by atoms with Gasteiger partial charge in [0.1, 0.15) is 19.8 Å². The maximum absolute atomic E-state index is 13.9. The van der Waals surface area contributed by atoms with E-state index in [2.05, 4.69) is 16.8 Å². The molecule has 38 heavy (non-hydrogen) atoms. The van der Waals surface area contributed by atoms with Gasteiger partial charge in [-0.05, 0) is 25.6 Å². The highest BCUT2D eigenvalue weighted by atomic mass is 16.6. The Labute approximate surface area is 220 Å². The second kappa shape index (κ2) is 8.47. The van der Waals surface area contributed by atoms with E-state index in [-0.39, 0.29) is 12.2 Å². The summed E-state index contributed by atoms with van der Waals surface area (Å²) in [6, 6.07) is 5.88. The van der Waals surface area contributed by atoms with E-state index in [4.69, 9.17) is 23.8 Å². The van der Waals surface area contributed by atoms with Gasteiger partial charge in [0, 0.05) is 48.8 Å². The minimum atomic E-state index is -1.31. The third-order valence-electron chi connectivity index (χ3n) is 8.46. The van der Waals surface area contributed by atoms with Crippen LogP contribution in [-0.2, 0) is 32.9 Å². The van der Waals surface area contributed by atoms with Crippen molar-refractivity contribution >= 4 is 30.6 Å². The van der Waals surface area contributed by atoms with E-state index in [9.17, 15) is 9.59 Å². The first kappa shape index (κ1) is 23.5. The maximum atomic E-state index is 13.9. The average Bonchev–Trinajstić information content (AvgIpc) is 3.30. The fourth-order valence-electron chi connectivity index (χ4n) is 6.31. The van der Waals surface area contributed by atoms with E-state index in [1.54, 1.807) is 4.57 Å². The molecule has 1 aromatic carbocycles. The largest absolute Gasteiger partial charge is 0.486 e. The third-order valence-corrected chi connectivity index (χ3v) is 8.46. The van der Waals surface area contributed by atoms with Crippen LogP contribution in [0.1, 0.15) is 30.0 Å². The van der Waals surface area contributed by atoms with Gasteiger partial charge >= 0.3 is 5.97 Å². The Balaban J connectivity index is 1.49. The van der Waals surface area contributed by atoms with Gasteiger partial charge in [0.05, 0.1) is 34.7 Å². The molecule has 0 radical (unpaired) electrons. The average molecular weight is 516 g/mol. The number of carbonyl (C=O) groups is 1. The van der Waals surface area contributed by atoms with Crippen LogP contribution in [0.5, 0.6) is 11.5 Å². The fraction of sp³-hybridized carbons (Fsp3) is 0.444. The molecule has 2 aromatic heterocycles. The van der Waals surface area contributed by atoms with Crippen molar-refractivity contribution in [1.82, 2.24) is 14.5 Å². The molecule has 1 fully saturated rings. The van der Waals surface area contributed by atoms with E-state index in [0.717, 1.165) is 54.0 Å². The summed E-state index contributed by atoms with van der Waals surface area (Å²) in [5.41, 5.74) is 3.88. The second-order valence-electron chi connectivity index (χ2n) is 10.4. The molecule has 0 aliphatic carbocycles. The first-order chi connectivity index (χ1) is 18.4. The Morgan fingerprint density at radius 1 is 1.03 bits per heavy atom. The summed E-state index contributed by atoms with van der Waals surface area (Å²) >= 11 is 0. The van der Waals surface area contributed by atoms with Crippen molar-refractivity contribution in [1.29, 1.82) is 0 Å². The van der Waals surface area contributed by atoms with Gasteiger partial charge in [0.25, 0.3) is 13.6 Å². The highest BCUT2D eigenvalue weighted by molar-refractivity contribution is 6.01. The van der Waals surface area contributed by atoms with Crippen LogP contribution in [-0.4, -0.2) is 74.9 Å². The maximum Gasteiger partial charge on any atom is 0.341 e. The quantitative estimate of drug-likeness (QED) is 0.294. The molecule has 6 heterocycles. The van der Waals surface area contributed by atoms with Crippen molar-refractivity contribution in [3.8, 4) is 22.9 Å². The highest BCUT2D eigenvalue weighted by Crippen LogP contribution is 2.46. The first-order valence-corrected chi connectivity index (χ1v) is 13.1. The first-order valence-electron chi connectivity index (χ1n) is 13.1. The smallest absolute Gasteiger partial charge is 0.341 e. The van der Waals surface area contributed by atoms with Gasteiger partial charge in [-0.2, -0.15) is 0 Å². The van der Waals surface area contributed by atoms with Crippen LogP contribution in [0, 0.1) is 0 Å². The van der Waals surface area contributed by atoms with E-state index in [1.165, 1.54) is 8.05 Å². The lowest BCUT2D eigenvalue weighted by Gasteiger charge is -2.36. The number of ether oxygens (including phenoxy) is 3. The van der Waals surface area contributed by atoms with Crippen molar-refractivity contribution in [3.63, 3.8) is 0 Å². The molecule has 1 saturated heterocycles. The van der Waals surface area contributed by atoms with E-state index in [0.29, 0.717) is 54.5 Å². The van der Waals surface area contributed by atoms with E-state index < -0.39 is 11.6 Å². The summed E-state index contributed by atoms with van der Waals surface area (Å²) in [5, 5.41) is 0.987. The zero-order valence-corrected chi connectivity index (χ0v) is 21.8. The number of carbonyl (C=O) groups excluding carboxylic acids is 1. The molecule has 4 aliphatic rings. The Bertz CT molecular complexity index is 1560. The number of rotatable bonds is 3. The predicted molar refractivity (Wildman–Crippen MR) is 143 cm³/mol. The Kier molecular flexibility index (Phi) is 5.25. The van der Waals surface area contributed by atoms with Crippen LogP contribution in [0.15, 0.2) is 23.0 Å². The van der Waals surface area contributed by atoms with Crippen LogP contribution in [0.25, 0.3) is 22.3 Å². The van der Waals surface area contributed by atoms with Crippen molar-refractivity contribution in [3.05, 3.63) is 45.2 Å². The summed E-state index contributed by atoms with van der Waals surface area (Å²) in [5.74, 6) is 0.923. The number of pyridine rings is 2. The minimum Gasteiger partial charge on any atom is -0.486 e. The zero-order chi connectivity index (χ0) is 26.2. The third kappa shape index (κ3) is 3.18. The van der Waals surface area contributed by atoms with Crippen LogP contribution < -0.4 is 19.9 Å². The number of hydrogen-bond donors (Lipinski definition) is 0. The van der Waals surface area contributed by atoms with Crippen LogP contribution in [0.3, 0.4) is 0 Å². The Morgan fingerprint density at radius 3 is 2.47 bits per heavy atom. The van der Waals surface area contributed by atoms with Gasteiger partial charge < -0.3 is 33.2 Å². The van der Waals surface area contributed by atoms with Gasteiger partial charge in [-0.3, -0.25) is 4.79 Å². The Hall–Kier alpha value is -3.57. The molecule has 0 unspecified atom stereocenters. The van der Waals surface area contributed by atoms with Crippen molar-refractivity contribution in [2.45, 2.75) is 32.1 Å². The molecule has 10 nitrogen and oxygen atoms in total. The number of esters is 1. The number of piperazine rings is 1. The van der Waals surface area contributed by atoms with Crippen molar-refractivity contribution in [2.24, 2.45) is 0 Å². The van der Waals surface area contributed by atoms with E-state index >= 15 is 0 Å². The normalized spacial score (nSPS) is 22.2. The van der Waals surface area contributed by atoms with Gasteiger partial charge in [-0.25, -0.2) is 9.78 Å². The molecule has 0 spiro atoms. The monoisotopic (exact) mass is 516 g/mol. The number of fused-ring (bicyclic) bond motifs is 6. The second-order valence-corrected chi connectivity index (χ2v) is 10.4. The summed E-state index contributed by atoms with van der Waals surface area (Å²) in [7, 11) is 3.62. The molecule has 1 atom stereocenters. The molecular weight excluding hydrogens is 487 g/mol. The zero-order valence-electron chi connectivity index (χ0n) is 21.8. The van der Waals surface area contributed by atoms with Crippen molar-refractivity contribution < 1.29 is 23.7 Å². The highest BCUT2D eigenvalue weighted by Gasteiger charge is 2.47. The number of nitrogens with zero attached hydrogens (tertiary/aromatic N) is 4. The van der Waals surface area contributed by atoms with Gasteiger partial charge in [0.15, 0.2) is 17.1 Å². The van der Waals surface area contributed by atoms with Gasteiger partial charge in [-0.15, -0.1) is 0 Å². The number of hydrogen-bond acceptors (Lipinski definition) is 9.